The van der Waals surface area contributed by atoms with E-state index in [1.165, 1.54) is 29.8 Å². The zero-order valence-electron chi connectivity index (χ0n) is 22.5. The third-order valence-corrected chi connectivity index (χ3v) is 6.46. The number of carbonyl (C=O) groups excluding carboxylic acids is 1. The Morgan fingerprint density at radius 1 is 1.15 bits per heavy atom. The van der Waals surface area contributed by atoms with Gasteiger partial charge in [-0.25, -0.2) is 24.1 Å². The maximum Gasteiger partial charge on any atom is 0.408 e. The van der Waals surface area contributed by atoms with E-state index in [1.807, 2.05) is 6.92 Å². The summed E-state index contributed by atoms with van der Waals surface area (Å²) in [6.07, 6.45) is 2.70. The van der Waals surface area contributed by atoms with Gasteiger partial charge >= 0.3 is 6.09 Å². The Morgan fingerprint density at radius 3 is 2.70 bits per heavy atom. The highest BCUT2D eigenvalue weighted by molar-refractivity contribution is 7.18. The van der Waals surface area contributed by atoms with Crippen LogP contribution in [-0.2, 0) is 22.7 Å². The van der Waals surface area contributed by atoms with Gasteiger partial charge in [0.1, 0.15) is 57.8 Å². The fourth-order valence-electron chi connectivity index (χ4n) is 3.43. The number of allylic oxidation sites excluding steroid dienone is 1. The fraction of sp³-hybridized carbons (Fsp3) is 0.286. The summed E-state index contributed by atoms with van der Waals surface area (Å²) < 4.78 is 30.3. The van der Waals surface area contributed by atoms with Crippen LogP contribution in [0.3, 0.4) is 0 Å². The van der Waals surface area contributed by atoms with Crippen LogP contribution < -0.4 is 15.4 Å². The summed E-state index contributed by atoms with van der Waals surface area (Å²) in [5.41, 5.74) is 1.38. The molecule has 0 aliphatic carbocycles. The summed E-state index contributed by atoms with van der Waals surface area (Å²) in [7, 11) is 0. The Morgan fingerprint density at radius 2 is 1.98 bits per heavy atom. The first-order valence-electron chi connectivity index (χ1n) is 12.4. The summed E-state index contributed by atoms with van der Waals surface area (Å²) in [5, 5.41) is 6.98. The van der Waals surface area contributed by atoms with Gasteiger partial charge in [0.05, 0.1) is 11.6 Å². The van der Waals surface area contributed by atoms with Gasteiger partial charge < -0.3 is 24.8 Å². The van der Waals surface area contributed by atoms with Crippen molar-refractivity contribution in [2.45, 2.75) is 46.5 Å². The highest BCUT2D eigenvalue weighted by Crippen LogP contribution is 2.32. The lowest BCUT2D eigenvalue weighted by Crippen LogP contribution is -2.33. The molecule has 4 aromatic rings. The number of hydrogen-bond donors (Lipinski definition) is 2. The summed E-state index contributed by atoms with van der Waals surface area (Å²) in [6.45, 7) is 7.79. The Kier molecular flexibility index (Phi) is 9.38. The predicted molar refractivity (Wildman–Crippen MR) is 153 cm³/mol. The number of rotatable bonds is 10. The highest BCUT2D eigenvalue weighted by atomic mass is 35.5. The van der Waals surface area contributed by atoms with Gasteiger partial charge in [0.2, 0.25) is 0 Å². The zero-order chi connectivity index (χ0) is 28.7. The van der Waals surface area contributed by atoms with Crippen LogP contribution in [0.4, 0.5) is 20.7 Å². The van der Waals surface area contributed by atoms with Gasteiger partial charge in [-0.1, -0.05) is 35.1 Å². The molecule has 9 nitrogen and oxygen atoms in total. The molecule has 2 aromatic carbocycles. The Balaban J connectivity index is 1.37. The molecule has 2 N–H and O–H groups in total. The average molecular weight is 586 g/mol. The van der Waals surface area contributed by atoms with Crippen molar-refractivity contribution in [1.82, 2.24) is 20.3 Å². The number of amides is 1. The lowest BCUT2D eigenvalue weighted by molar-refractivity contribution is 0.0520. The van der Waals surface area contributed by atoms with Crippen molar-refractivity contribution in [2.75, 3.05) is 11.9 Å². The van der Waals surface area contributed by atoms with Crippen molar-refractivity contribution in [2.24, 2.45) is 0 Å². The summed E-state index contributed by atoms with van der Waals surface area (Å²) in [6, 6.07) is 11.4. The van der Waals surface area contributed by atoms with Crippen molar-refractivity contribution < 1.29 is 23.4 Å². The Hall–Kier alpha value is -3.96. The third kappa shape index (κ3) is 8.27. The van der Waals surface area contributed by atoms with Crippen LogP contribution in [0.2, 0.25) is 5.02 Å². The number of thiazole rings is 1. The highest BCUT2D eigenvalue weighted by Gasteiger charge is 2.17. The number of hydrogen-bond acceptors (Lipinski definition) is 9. The second-order valence-corrected chi connectivity index (χ2v) is 11.0. The first-order valence-corrected chi connectivity index (χ1v) is 13.6. The molecule has 2 heterocycles. The summed E-state index contributed by atoms with van der Waals surface area (Å²) in [4.78, 5) is 25.9. The van der Waals surface area contributed by atoms with Crippen LogP contribution in [0.5, 0.6) is 5.75 Å². The predicted octanol–water partition coefficient (Wildman–Crippen LogP) is 7.15. The number of nitrogens with zero attached hydrogens (tertiary/aromatic N) is 3. The van der Waals surface area contributed by atoms with E-state index in [-0.39, 0.29) is 25.6 Å². The summed E-state index contributed by atoms with van der Waals surface area (Å²) >= 11 is 7.81. The van der Waals surface area contributed by atoms with Crippen LogP contribution in [0.1, 0.15) is 38.3 Å². The zero-order valence-corrected chi connectivity index (χ0v) is 24.0. The lowest BCUT2D eigenvalue weighted by Gasteiger charge is -2.20. The molecule has 0 spiro atoms. The van der Waals surface area contributed by atoms with E-state index in [0.717, 1.165) is 0 Å². The molecule has 0 radical (unpaired) electrons. The molecule has 0 fully saturated rings. The van der Waals surface area contributed by atoms with Crippen LogP contribution in [0, 0.1) is 5.82 Å². The second kappa shape index (κ2) is 12.9. The maximum absolute atomic E-state index is 13.4. The number of carbonyl (C=O) groups is 1. The summed E-state index contributed by atoms with van der Waals surface area (Å²) in [5.74, 6) is 1.23. The maximum atomic E-state index is 13.4. The van der Waals surface area contributed by atoms with Gasteiger partial charge in [0.25, 0.3) is 0 Å². The smallest absolute Gasteiger partial charge is 0.408 e. The van der Waals surface area contributed by atoms with Gasteiger partial charge in [-0.15, -0.1) is 0 Å². The van der Waals surface area contributed by atoms with Crippen LogP contribution >= 0.6 is 22.9 Å². The molecule has 0 saturated heterocycles. The molecule has 0 unspecified atom stereocenters. The SMILES string of the molecule is C/C=C(/CNC(=O)OC(C)(C)C)OCc1nc2c(Nc3ccc(OCc4cccc(F)c4)c(Cl)c3)ncnc2s1. The minimum Gasteiger partial charge on any atom is -0.489 e. The van der Waals surface area contributed by atoms with Gasteiger partial charge in [-0.2, -0.15) is 0 Å². The van der Waals surface area contributed by atoms with E-state index >= 15 is 0 Å². The van der Waals surface area contributed by atoms with E-state index in [0.29, 0.717) is 49.0 Å². The molecular formula is C28H29ClFN5O4S. The van der Waals surface area contributed by atoms with Crippen molar-refractivity contribution in [1.29, 1.82) is 0 Å². The minimum atomic E-state index is -0.583. The number of alkyl carbamates (subject to hydrolysis) is 1. The molecule has 0 saturated carbocycles. The average Bonchev–Trinajstić information content (AvgIpc) is 3.31. The van der Waals surface area contributed by atoms with Crippen LogP contribution in [0.15, 0.2) is 60.6 Å². The number of benzene rings is 2. The van der Waals surface area contributed by atoms with Crippen LogP contribution in [-0.4, -0.2) is 33.2 Å². The number of aromatic nitrogens is 3. The molecule has 0 aliphatic heterocycles. The number of halogens is 2. The van der Waals surface area contributed by atoms with Gasteiger partial charge in [0, 0.05) is 5.69 Å². The van der Waals surface area contributed by atoms with Gasteiger partial charge in [-0.05, 0) is 69.7 Å². The number of nitrogens with one attached hydrogen (secondary N) is 2. The molecule has 2 aromatic heterocycles. The molecule has 4 rings (SSSR count). The molecule has 12 heteroatoms. The minimum absolute atomic E-state index is 0.186. The van der Waals surface area contributed by atoms with E-state index in [4.69, 9.17) is 25.8 Å². The number of fused-ring (bicyclic) bond motifs is 1. The van der Waals surface area contributed by atoms with Gasteiger partial charge in [-0.3, -0.25) is 0 Å². The van der Waals surface area contributed by atoms with Crippen molar-refractivity contribution in [3.63, 3.8) is 0 Å². The van der Waals surface area contributed by atoms with E-state index < -0.39 is 11.7 Å². The van der Waals surface area contributed by atoms with Crippen molar-refractivity contribution >= 4 is 50.9 Å². The quantitative estimate of drug-likeness (QED) is 0.189. The number of ether oxygens (including phenoxy) is 3. The molecule has 0 atom stereocenters. The van der Waals surface area contributed by atoms with Crippen LogP contribution in [0.25, 0.3) is 10.3 Å². The van der Waals surface area contributed by atoms with Gasteiger partial charge in [0.15, 0.2) is 5.82 Å². The van der Waals surface area contributed by atoms with E-state index in [9.17, 15) is 9.18 Å². The Labute approximate surface area is 240 Å². The first kappa shape index (κ1) is 29.0. The second-order valence-electron chi connectivity index (χ2n) is 9.57. The van der Waals surface area contributed by atoms with E-state index in [1.54, 1.807) is 57.2 Å². The topological polar surface area (TPSA) is 107 Å². The molecule has 0 bridgehead atoms. The molecule has 40 heavy (non-hydrogen) atoms. The molecule has 0 aliphatic rings. The monoisotopic (exact) mass is 585 g/mol. The first-order chi connectivity index (χ1) is 19.1. The standard InChI is InChI=1S/C28H29ClFN5O4S/c1-5-20(13-31-27(36)39-28(2,3)4)37-15-23-35-24-25(32-16-33-26(24)40-23)34-19-9-10-22(21(29)12-19)38-14-17-7-6-8-18(30)11-17/h5-12,16H,13-15H2,1-4H3,(H,31,36)(H,32,33,34)/b20-5-. The normalized spacial score (nSPS) is 11.8. The Bertz CT molecular complexity index is 1520. The van der Waals surface area contributed by atoms with Crippen molar-refractivity contribution in [3.8, 4) is 5.75 Å². The van der Waals surface area contributed by atoms with Crippen molar-refractivity contribution in [3.05, 3.63) is 82.0 Å². The molecular weight excluding hydrogens is 557 g/mol. The third-order valence-electron chi connectivity index (χ3n) is 5.23. The number of anilines is 2. The molecule has 210 valence electrons. The van der Waals surface area contributed by atoms with E-state index in [2.05, 4.69) is 25.6 Å². The largest absolute Gasteiger partial charge is 0.489 e. The molecule has 1 amide bonds. The fourth-order valence-corrected chi connectivity index (χ4v) is 4.49. The lowest BCUT2D eigenvalue weighted by atomic mass is 10.2.